The fraction of sp³-hybridized carbons (Fsp3) is 0.400. The molecule has 0 aliphatic carbocycles. The molecule has 0 bridgehead atoms. The van der Waals surface area contributed by atoms with E-state index in [-0.39, 0.29) is 11.4 Å². The highest BCUT2D eigenvalue weighted by Gasteiger charge is 2.44. The lowest BCUT2D eigenvalue weighted by Gasteiger charge is -2.39. The van der Waals surface area contributed by atoms with E-state index in [1.165, 1.54) is 23.0 Å². The topological polar surface area (TPSA) is 167 Å². The smallest absolute Gasteiger partial charge is 0.358 e. The molecule has 1 aromatic heterocycles. The average molecular weight is 367 g/mol. The Bertz CT molecular complexity index is 763. The monoisotopic (exact) mass is 367 g/mol. The molecule has 11 nitrogen and oxygen atoms in total. The summed E-state index contributed by atoms with van der Waals surface area (Å²) >= 11 is 0. The van der Waals surface area contributed by atoms with Gasteiger partial charge in [0.15, 0.2) is 5.69 Å². The van der Waals surface area contributed by atoms with E-state index in [1.54, 1.807) is 12.1 Å². The van der Waals surface area contributed by atoms with Gasteiger partial charge in [-0.2, -0.15) is 0 Å². The number of aliphatic hydroxyl groups excluding tert-OH is 4. The number of carboxylic acids is 1. The van der Waals surface area contributed by atoms with Crippen molar-refractivity contribution in [2.75, 3.05) is 6.61 Å². The van der Waals surface area contributed by atoms with Crippen molar-refractivity contribution in [1.29, 1.82) is 0 Å². The number of aromatic nitrogens is 3. The molecular weight excluding hydrogens is 350 g/mol. The quantitative estimate of drug-likeness (QED) is 0.404. The predicted octanol–water partition coefficient (Wildman–Crippen LogP) is -1.86. The summed E-state index contributed by atoms with van der Waals surface area (Å²) in [5.41, 5.74) is 0.317. The normalized spacial score (nSPS) is 28.7. The van der Waals surface area contributed by atoms with E-state index in [1.807, 2.05) is 0 Å². The lowest BCUT2D eigenvalue weighted by molar-refractivity contribution is -0.277. The van der Waals surface area contributed by atoms with Crippen LogP contribution in [0.3, 0.4) is 0 Å². The van der Waals surface area contributed by atoms with Gasteiger partial charge in [0.2, 0.25) is 6.29 Å². The van der Waals surface area contributed by atoms with Crippen molar-refractivity contribution in [3.05, 3.63) is 36.2 Å². The van der Waals surface area contributed by atoms with E-state index < -0.39 is 43.3 Å². The molecule has 0 saturated carbocycles. The van der Waals surface area contributed by atoms with E-state index in [4.69, 9.17) is 19.7 Å². The number of nitrogens with zero attached hydrogens (tertiary/aromatic N) is 3. The Balaban J connectivity index is 1.71. The van der Waals surface area contributed by atoms with Crippen LogP contribution in [0.25, 0.3) is 5.69 Å². The molecule has 26 heavy (non-hydrogen) atoms. The van der Waals surface area contributed by atoms with Gasteiger partial charge in [0.25, 0.3) is 0 Å². The third-order valence-corrected chi connectivity index (χ3v) is 3.91. The highest BCUT2D eigenvalue weighted by atomic mass is 16.7. The third-order valence-electron chi connectivity index (χ3n) is 3.91. The highest BCUT2D eigenvalue weighted by Crippen LogP contribution is 2.24. The second-order valence-electron chi connectivity index (χ2n) is 5.66. The first kappa shape index (κ1) is 18.2. The van der Waals surface area contributed by atoms with Gasteiger partial charge in [0.05, 0.1) is 18.5 Å². The average Bonchev–Trinajstić information content (AvgIpc) is 3.13. The number of hydrogen-bond acceptors (Lipinski definition) is 9. The Hall–Kier alpha value is -2.57. The van der Waals surface area contributed by atoms with E-state index in [9.17, 15) is 20.1 Å². The second kappa shape index (κ2) is 7.35. The zero-order valence-electron chi connectivity index (χ0n) is 13.3. The Morgan fingerprint density at radius 1 is 1.15 bits per heavy atom. The molecule has 5 atom stereocenters. The molecule has 1 aliphatic heterocycles. The molecule has 0 radical (unpaired) electrons. The zero-order chi connectivity index (χ0) is 18.8. The molecule has 3 rings (SSSR count). The fourth-order valence-corrected chi connectivity index (χ4v) is 2.46. The van der Waals surface area contributed by atoms with Crippen LogP contribution in [0.2, 0.25) is 0 Å². The Labute approximate surface area is 146 Å². The predicted molar refractivity (Wildman–Crippen MR) is 82.7 cm³/mol. The maximum atomic E-state index is 10.8. The first-order valence-electron chi connectivity index (χ1n) is 7.64. The summed E-state index contributed by atoms with van der Waals surface area (Å²) in [6.45, 7) is -0.554. The van der Waals surface area contributed by atoms with Crippen LogP contribution < -0.4 is 4.74 Å². The minimum absolute atomic E-state index is 0.202. The maximum Gasteiger partial charge on any atom is 0.358 e. The summed E-state index contributed by atoms with van der Waals surface area (Å²) in [5.74, 6) is -0.921. The van der Waals surface area contributed by atoms with Gasteiger partial charge < -0.3 is 35.0 Å². The summed E-state index contributed by atoms with van der Waals surface area (Å²) in [7, 11) is 0. The summed E-state index contributed by atoms with van der Waals surface area (Å²) < 4.78 is 12.0. The van der Waals surface area contributed by atoms with Gasteiger partial charge in [-0.15, -0.1) is 5.10 Å². The first-order valence-corrected chi connectivity index (χ1v) is 7.64. The number of aromatic carboxylic acids is 1. The summed E-state index contributed by atoms with van der Waals surface area (Å²) in [5, 5.41) is 54.6. The minimum Gasteiger partial charge on any atom is -0.476 e. The molecule has 0 amide bonds. The van der Waals surface area contributed by atoms with Crippen LogP contribution in [-0.2, 0) is 4.74 Å². The summed E-state index contributed by atoms with van der Waals surface area (Å²) in [6.07, 6.45) is -5.62. The number of ether oxygens (including phenoxy) is 2. The molecule has 1 fully saturated rings. The lowest BCUT2D eigenvalue weighted by Crippen LogP contribution is -2.60. The second-order valence-corrected chi connectivity index (χ2v) is 5.66. The highest BCUT2D eigenvalue weighted by molar-refractivity contribution is 5.84. The molecule has 140 valence electrons. The molecule has 1 aliphatic rings. The van der Waals surface area contributed by atoms with Gasteiger partial charge >= 0.3 is 5.97 Å². The molecule has 0 unspecified atom stereocenters. The molecule has 0 spiro atoms. The zero-order valence-corrected chi connectivity index (χ0v) is 13.3. The largest absolute Gasteiger partial charge is 0.476 e. The first-order chi connectivity index (χ1) is 12.4. The molecule has 1 aromatic carbocycles. The Kier molecular flexibility index (Phi) is 5.15. The number of carboxylic acid groups (broad SMARTS) is 1. The molecule has 2 aromatic rings. The van der Waals surface area contributed by atoms with Gasteiger partial charge in [-0.1, -0.05) is 5.21 Å². The van der Waals surface area contributed by atoms with Gasteiger partial charge in [0, 0.05) is 0 Å². The van der Waals surface area contributed by atoms with Crippen LogP contribution in [0.4, 0.5) is 0 Å². The molecule has 11 heteroatoms. The van der Waals surface area contributed by atoms with Crippen molar-refractivity contribution in [3.8, 4) is 11.4 Å². The van der Waals surface area contributed by atoms with Gasteiger partial charge in [-0.3, -0.25) is 0 Å². The minimum atomic E-state index is -1.53. The number of benzene rings is 1. The standard InChI is InChI=1S/C15H17N3O8/c19-6-10-11(20)12(21)13(22)15(26-10)25-8-3-1-7(2-4-8)18-5-9(14(23)24)16-17-18/h1-5,10-13,15,19-22H,6H2,(H,23,24)/t10-,11-,12+,13+,15+/m1/s1. The number of carbonyl (C=O) groups is 1. The van der Waals surface area contributed by atoms with Crippen LogP contribution >= 0.6 is 0 Å². The van der Waals surface area contributed by atoms with Crippen molar-refractivity contribution in [2.24, 2.45) is 0 Å². The van der Waals surface area contributed by atoms with Crippen LogP contribution in [0.15, 0.2) is 30.5 Å². The van der Waals surface area contributed by atoms with Gasteiger partial charge in [-0.25, -0.2) is 9.48 Å². The summed E-state index contributed by atoms with van der Waals surface area (Å²) in [6, 6.07) is 6.16. The van der Waals surface area contributed by atoms with Gasteiger partial charge in [0.1, 0.15) is 30.2 Å². The van der Waals surface area contributed by atoms with Crippen LogP contribution in [0.1, 0.15) is 10.5 Å². The van der Waals surface area contributed by atoms with Gasteiger partial charge in [-0.05, 0) is 24.3 Å². The van der Waals surface area contributed by atoms with E-state index >= 15 is 0 Å². The van der Waals surface area contributed by atoms with Crippen molar-refractivity contribution in [1.82, 2.24) is 15.0 Å². The molecule has 1 saturated heterocycles. The molecule has 5 N–H and O–H groups in total. The molecular formula is C15H17N3O8. The third kappa shape index (κ3) is 3.52. The molecule has 2 heterocycles. The maximum absolute atomic E-state index is 10.8. The number of aliphatic hydroxyl groups is 4. The van der Waals surface area contributed by atoms with E-state index in [2.05, 4.69) is 10.3 Å². The van der Waals surface area contributed by atoms with E-state index in [0.717, 1.165) is 0 Å². The van der Waals surface area contributed by atoms with E-state index in [0.29, 0.717) is 5.69 Å². The van der Waals surface area contributed by atoms with Crippen molar-refractivity contribution in [3.63, 3.8) is 0 Å². The Morgan fingerprint density at radius 2 is 1.85 bits per heavy atom. The van der Waals surface area contributed by atoms with Crippen LogP contribution in [0, 0.1) is 0 Å². The van der Waals surface area contributed by atoms with Crippen molar-refractivity contribution in [2.45, 2.75) is 30.7 Å². The van der Waals surface area contributed by atoms with Crippen LogP contribution in [-0.4, -0.2) is 83.8 Å². The number of hydrogen-bond donors (Lipinski definition) is 5. The lowest BCUT2D eigenvalue weighted by atomic mass is 9.99. The Morgan fingerprint density at radius 3 is 2.42 bits per heavy atom. The van der Waals surface area contributed by atoms with Crippen LogP contribution in [0.5, 0.6) is 5.75 Å². The number of rotatable bonds is 5. The van der Waals surface area contributed by atoms with Crippen molar-refractivity contribution < 1.29 is 39.8 Å². The van der Waals surface area contributed by atoms with Crippen molar-refractivity contribution >= 4 is 5.97 Å². The summed E-state index contributed by atoms with van der Waals surface area (Å²) in [4.78, 5) is 10.8. The fourth-order valence-electron chi connectivity index (χ4n) is 2.46. The SMILES string of the molecule is O=C(O)c1cn(-c2ccc(O[C@H]3O[C@H](CO)[C@@H](O)[C@H](O)[C@@H]3O)cc2)nn1.